The summed E-state index contributed by atoms with van der Waals surface area (Å²) in [5.41, 5.74) is -0.136. The van der Waals surface area contributed by atoms with Crippen LogP contribution in [0.3, 0.4) is 0 Å². The predicted molar refractivity (Wildman–Crippen MR) is 116 cm³/mol. The van der Waals surface area contributed by atoms with Crippen LogP contribution in [0.5, 0.6) is 0 Å². The molecule has 0 N–H and O–H groups in total. The molecule has 32 heavy (non-hydrogen) atoms. The van der Waals surface area contributed by atoms with Crippen molar-refractivity contribution in [3.05, 3.63) is 96.3 Å². The van der Waals surface area contributed by atoms with Gasteiger partial charge in [-0.2, -0.15) is 0 Å². The SMILES string of the molecule is CC(=O)CC(c1ccc(F)cc1)C(F)(S(=O)(=O)c1ccccc1)S(=O)(=O)c1ccccc1. The van der Waals surface area contributed by atoms with E-state index in [-0.39, 0.29) is 5.56 Å². The predicted octanol–water partition coefficient (Wildman–Crippen LogP) is 4.46. The van der Waals surface area contributed by atoms with Crippen molar-refractivity contribution in [3.8, 4) is 0 Å². The Labute approximate surface area is 185 Å². The van der Waals surface area contributed by atoms with Gasteiger partial charge in [-0.15, -0.1) is 0 Å². The lowest BCUT2D eigenvalue weighted by Gasteiger charge is -2.33. The third-order valence-electron chi connectivity index (χ3n) is 5.02. The van der Waals surface area contributed by atoms with Crippen LogP contribution in [0.4, 0.5) is 8.78 Å². The smallest absolute Gasteiger partial charge is 0.300 e. The lowest BCUT2D eigenvalue weighted by atomic mass is 9.95. The van der Waals surface area contributed by atoms with Gasteiger partial charge in [0, 0.05) is 6.42 Å². The van der Waals surface area contributed by atoms with Gasteiger partial charge < -0.3 is 4.79 Å². The molecule has 3 rings (SSSR count). The van der Waals surface area contributed by atoms with Gasteiger partial charge in [-0.25, -0.2) is 25.6 Å². The number of carbonyl (C=O) groups is 1. The van der Waals surface area contributed by atoms with E-state index in [1.54, 1.807) is 0 Å². The van der Waals surface area contributed by atoms with Crippen molar-refractivity contribution in [2.24, 2.45) is 0 Å². The highest BCUT2D eigenvalue weighted by Gasteiger charge is 2.63. The van der Waals surface area contributed by atoms with Gasteiger partial charge in [0.1, 0.15) is 11.6 Å². The fourth-order valence-electron chi connectivity index (χ4n) is 3.46. The second-order valence-electron chi connectivity index (χ2n) is 7.23. The zero-order valence-electron chi connectivity index (χ0n) is 17.0. The van der Waals surface area contributed by atoms with Crippen LogP contribution >= 0.6 is 0 Å². The number of sulfone groups is 2. The molecule has 0 amide bonds. The lowest BCUT2D eigenvalue weighted by molar-refractivity contribution is -0.117. The number of benzene rings is 3. The molecule has 0 fully saturated rings. The van der Waals surface area contributed by atoms with E-state index in [0.29, 0.717) is 0 Å². The van der Waals surface area contributed by atoms with E-state index in [9.17, 15) is 26.0 Å². The summed E-state index contributed by atoms with van der Waals surface area (Å²) in [4.78, 5) is 10.9. The van der Waals surface area contributed by atoms with E-state index in [1.807, 2.05) is 0 Å². The number of hydrogen-bond acceptors (Lipinski definition) is 5. The summed E-state index contributed by atoms with van der Waals surface area (Å²) in [6, 6.07) is 16.7. The van der Waals surface area contributed by atoms with Crippen molar-refractivity contribution in [2.75, 3.05) is 0 Å². The molecule has 0 bridgehead atoms. The largest absolute Gasteiger partial charge is 0.324 e. The third kappa shape index (κ3) is 4.10. The summed E-state index contributed by atoms with van der Waals surface area (Å²) in [6.45, 7) is 1.10. The zero-order chi connectivity index (χ0) is 23.6. The molecule has 0 heterocycles. The molecule has 0 radical (unpaired) electrons. The molecule has 168 valence electrons. The van der Waals surface area contributed by atoms with Gasteiger partial charge >= 0.3 is 4.33 Å². The Morgan fingerprint density at radius 3 is 1.56 bits per heavy atom. The molecule has 9 heteroatoms. The molecule has 0 aliphatic carbocycles. The summed E-state index contributed by atoms with van der Waals surface area (Å²) in [5.74, 6) is -3.26. The van der Waals surface area contributed by atoms with Crippen LogP contribution in [0, 0.1) is 5.82 Å². The van der Waals surface area contributed by atoms with Crippen molar-refractivity contribution in [1.82, 2.24) is 0 Å². The number of ketones is 1. The lowest BCUT2D eigenvalue weighted by Crippen LogP contribution is -2.48. The van der Waals surface area contributed by atoms with E-state index in [1.165, 1.54) is 36.4 Å². The van der Waals surface area contributed by atoms with Crippen molar-refractivity contribution >= 4 is 25.5 Å². The Balaban J connectivity index is 2.40. The highest BCUT2D eigenvalue weighted by Crippen LogP contribution is 2.48. The molecule has 3 aromatic carbocycles. The van der Waals surface area contributed by atoms with Gasteiger partial charge in [0.15, 0.2) is 0 Å². The molecule has 0 aliphatic heterocycles. The molecule has 1 unspecified atom stereocenters. The molecule has 3 aromatic rings. The van der Waals surface area contributed by atoms with E-state index < -0.39 is 57.7 Å². The minimum Gasteiger partial charge on any atom is -0.300 e. The van der Waals surface area contributed by atoms with Crippen molar-refractivity contribution in [1.29, 1.82) is 0 Å². The van der Waals surface area contributed by atoms with Crippen molar-refractivity contribution < 1.29 is 30.4 Å². The van der Waals surface area contributed by atoms with Crippen molar-refractivity contribution in [2.45, 2.75) is 33.4 Å². The van der Waals surface area contributed by atoms with Gasteiger partial charge in [-0.3, -0.25) is 0 Å². The minimum atomic E-state index is -5.21. The molecule has 0 saturated heterocycles. The number of rotatable bonds is 8. The summed E-state index contributed by atoms with van der Waals surface area (Å²) in [6.07, 6.45) is -0.736. The first-order valence-corrected chi connectivity index (χ1v) is 12.5. The van der Waals surface area contributed by atoms with Crippen LogP contribution in [0.1, 0.15) is 24.8 Å². The molecular formula is C23H20F2O5S2. The number of halogens is 2. The summed E-state index contributed by atoms with van der Waals surface area (Å²) < 4.78 is 81.1. The van der Waals surface area contributed by atoms with E-state index in [0.717, 1.165) is 55.5 Å². The first kappa shape index (κ1) is 23.7. The number of hydrogen-bond donors (Lipinski definition) is 0. The van der Waals surface area contributed by atoms with Crippen molar-refractivity contribution in [3.63, 3.8) is 0 Å². The standard InChI is InChI=1S/C23H20F2O5S2/c1-17(26)16-22(18-12-14-19(24)15-13-18)23(25,31(27,28)20-8-4-2-5-9-20)32(29,30)21-10-6-3-7-11-21/h2-15,22H,16H2,1H3. The average molecular weight is 479 g/mol. The minimum absolute atomic E-state index is 0.136. The van der Waals surface area contributed by atoms with Gasteiger partial charge in [-0.05, 0) is 48.9 Å². The highest BCUT2D eigenvalue weighted by atomic mass is 32.3. The summed E-state index contributed by atoms with van der Waals surface area (Å²) >= 11 is 0. The summed E-state index contributed by atoms with van der Waals surface area (Å²) in [5, 5.41) is 0. The Morgan fingerprint density at radius 1 is 0.781 bits per heavy atom. The summed E-state index contributed by atoms with van der Waals surface area (Å²) in [7, 11) is -10.4. The Bertz CT molecular complexity index is 1240. The van der Waals surface area contributed by atoms with Crippen LogP contribution in [0.15, 0.2) is 94.7 Å². The first-order valence-electron chi connectivity index (χ1n) is 9.55. The maximum Gasteiger partial charge on any atom is 0.324 e. The average Bonchev–Trinajstić information content (AvgIpc) is 2.78. The second-order valence-corrected chi connectivity index (χ2v) is 11.6. The third-order valence-corrected chi connectivity index (χ3v) is 10.2. The van der Waals surface area contributed by atoms with Crippen LogP contribution < -0.4 is 0 Å². The Morgan fingerprint density at radius 2 is 1.19 bits per heavy atom. The zero-order valence-corrected chi connectivity index (χ0v) is 18.6. The van der Waals surface area contributed by atoms with Gasteiger partial charge in [0.25, 0.3) is 0 Å². The number of Topliss-reactive ketones (excluding diaryl/α,β-unsaturated/α-hetero) is 1. The molecule has 1 atom stereocenters. The van der Waals surface area contributed by atoms with E-state index in [4.69, 9.17) is 0 Å². The molecule has 0 saturated carbocycles. The van der Waals surface area contributed by atoms with Crippen LogP contribution in [-0.4, -0.2) is 27.0 Å². The normalized spacial score (nSPS) is 13.5. The topological polar surface area (TPSA) is 85.3 Å². The molecule has 0 spiro atoms. The van der Waals surface area contributed by atoms with Crippen LogP contribution in [0.2, 0.25) is 0 Å². The monoisotopic (exact) mass is 478 g/mol. The molecule has 5 nitrogen and oxygen atoms in total. The van der Waals surface area contributed by atoms with Gasteiger partial charge in [0.05, 0.1) is 15.7 Å². The van der Waals surface area contributed by atoms with Gasteiger partial charge in [-0.1, -0.05) is 48.5 Å². The van der Waals surface area contributed by atoms with E-state index in [2.05, 4.69) is 0 Å². The quantitative estimate of drug-likeness (QED) is 0.477. The molecule has 0 aliphatic rings. The number of carbonyl (C=O) groups excluding carboxylic acids is 1. The van der Waals surface area contributed by atoms with Crippen LogP contribution in [-0.2, 0) is 24.5 Å². The fourth-order valence-corrected chi connectivity index (χ4v) is 8.06. The maximum atomic E-state index is 17.1. The second kappa shape index (κ2) is 8.91. The van der Waals surface area contributed by atoms with E-state index >= 15 is 4.39 Å². The maximum absolute atomic E-state index is 17.1. The number of alkyl halides is 1. The molecular weight excluding hydrogens is 458 g/mol. The first-order chi connectivity index (χ1) is 15.0. The molecule has 0 aromatic heterocycles. The fraction of sp³-hybridized carbons (Fsp3) is 0.174. The Kier molecular flexibility index (Phi) is 6.61. The highest BCUT2D eigenvalue weighted by molar-refractivity contribution is 8.10. The Hall–Kier alpha value is -2.91. The van der Waals surface area contributed by atoms with Crippen LogP contribution in [0.25, 0.3) is 0 Å². The van der Waals surface area contributed by atoms with Gasteiger partial charge in [0.2, 0.25) is 19.7 Å².